The maximum atomic E-state index is 12.8. The molecule has 1 N–H and O–H groups in total. The van der Waals surface area contributed by atoms with Crippen molar-refractivity contribution in [2.45, 2.75) is 31.6 Å². The van der Waals surface area contributed by atoms with Crippen LogP contribution in [0.25, 0.3) is 0 Å². The predicted molar refractivity (Wildman–Crippen MR) is 63.7 cm³/mol. The molecule has 2 aliphatic rings. The Bertz CT molecular complexity index is 470. The highest BCUT2D eigenvalue weighted by molar-refractivity contribution is 5.54. The molecule has 2 bridgehead atoms. The molecular formula is C13H15F3N2. The van der Waals surface area contributed by atoms with Crippen molar-refractivity contribution < 1.29 is 13.2 Å². The van der Waals surface area contributed by atoms with Crippen LogP contribution in [0, 0.1) is 6.92 Å². The Hall–Kier alpha value is -1.23. The molecule has 2 heterocycles. The molecule has 2 fully saturated rings. The smallest absolute Gasteiger partial charge is 0.366 e. The monoisotopic (exact) mass is 256 g/mol. The quantitative estimate of drug-likeness (QED) is 0.830. The highest BCUT2D eigenvalue weighted by atomic mass is 19.4. The number of rotatable bonds is 1. The Morgan fingerprint density at radius 2 is 2.06 bits per heavy atom. The Balaban J connectivity index is 1.95. The lowest BCUT2D eigenvalue weighted by atomic mass is 10.1. The minimum Gasteiger partial charge on any atom is -0.366 e. The van der Waals surface area contributed by atoms with Gasteiger partial charge >= 0.3 is 6.18 Å². The topological polar surface area (TPSA) is 15.3 Å². The molecule has 0 unspecified atom stereocenters. The van der Waals surface area contributed by atoms with Gasteiger partial charge < -0.3 is 10.2 Å². The molecule has 2 aliphatic heterocycles. The number of nitrogens with zero attached hydrogens (tertiary/aromatic N) is 1. The summed E-state index contributed by atoms with van der Waals surface area (Å²) in [6, 6.07) is 5.10. The van der Waals surface area contributed by atoms with E-state index in [-0.39, 0.29) is 0 Å². The van der Waals surface area contributed by atoms with Crippen molar-refractivity contribution in [3.05, 3.63) is 29.3 Å². The zero-order chi connectivity index (χ0) is 12.9. The van der Waals surface area contributed by atoms with Crippen LogP contribution in [-0.4, -0.2) is 25.2 Å². The molecule has 1 aromatic rings. The maximum Gasteiger partial charge on any atom is 0.416 e. The molecule has 2 saturated heterocycles. The number of nitrogens with one attached hydrogen (secondary N) is 1. The van der Waals surface area contributed by atoms with Gasteiger partial charge in [0.15, 0.2) is 0 Å². The van der Waals surface area contributed by atoms with Gasteiger partial charge in [-0.15, -0.1) is 0 Å². The lowest BCUT2D eigenvalue weighted by Gasteiger charge is -2.30. The first-order chi connectivity index (χ1) is 8.43. The number of halogens is 3. The van der Waals surface area contributed by atoms with Crippen LogP contribution in [0.15, 0.2) is 18.2 Å². The molecule has 5 heteroatoms. The molecule has 2 atom stereocenters. The van der Waals surface area contributed by atoms with Gasteiger partial charge in [-0.2, -0.15) is 13.2 Å². The van der Waals surface area contributed by atoms with Gasteiger partial charge in [-0.1, -0.05) is 0 Å². The SMILES string of the molecule is Cc1cc(N2C[C@@H]3C[C@H]2CN3)cc(C(F)(F)F)c1. The first-order valence-electron chi connectivity index (χ1n) is 6.12. The van der Waals surface area contributed by atoms with Crippen molar-refractivity contribution in [3.63, 3.8) is 0 Å². The van der Waals surface area contributed by atoms with Crippen molar-refractivity contribution in [1.29, 1.82) is 0 Å². The van der Waals surface area contributed by atoms with Gasteiger partial charge in [0.05, 0.1) is 5.56 Å². The first-order valence-corrected chi connectivity index (χ1v) is 6.12. The highest BCUT2D eigenvalue weighted by Crippen LogP contribution is 2.35. The molecular weight excluding hydrogens is 241 g/mol. The summed E-state index contributed by atoms with van der Waals surface area (Å²) in [5, 5.41) is 3.35. The number of benzene rings is 1. The third-order valence-corrected chi connectivity index (χ3v) is 3.78. The fraction of sp³-hybridized carbons (Fsp3) is 0.538. The minimum absolute atomic E-state index is 0.345. The first kappa shape index (κ1) is 11.8. The molecule has 1 aromatic carbocycles. The summed E-state index contributed by atoms with van der Waals surface area (Å²) in [5.74, 6) is 0. The molecule has 18 heavy (non-hydrogen) atoms. The van der Waals surface area contributed by atoms with E-state index in [9.17, 15) is 13.2 Å². The summed E-state index contributed by atoms with van der Waals surface area (Å²) >= 11 is 0. The molecule has 0 saturated carbocycles. The van der Waals surface area contributed by atoms with Crippen LogP contribution in [-0.2, 0) is 6.18 Å². The van der Waals surface area contributed by atoms with Crippen LogP contribution in [0.3, 0.4) is 0 Å². The van der Waals surface area contributed by atoms with Crippen LogP contribution < -0.4 is 10.2 Å². The fourth-order valence-electron chi connectivity index (χ4n) is 2.97. The van der Waals surface area contributed by atoms with Crippen molar-refractivity contribution in [3.8, 4) is 0 Å². The van der Waals surface area contributed by atoms with E-state index in [2.05, 4.69) is 10.2 Å². The van der Waals surface area contributed by atoms with Gasteiger partial charge in [0, 0.05) is 30.9 Å². The summed E-state index contributed by atoms with van der Waals surface area (Å²) in [6.45, 7) is 3.40. The molecule has 3 rings (SSSR count). The van der Waals surface area contributed by atoms with E-state index in [4.69, 9.17) is 0 Å². The molecule has 0 aromatic heterocycles. The zero-order valence-corrected chi connectivity index (χ0v) is 10.1. The number of aryl methyl sites for hydroxylation is 1. The number of anilines is 1. The number of fused-ring (bicyclic) bond motifs is 2. The second-order valence-corrected chi connectivity index (χ2v) is 5.20. The van der Waals surface area contributed by atoms with Crippen molar-refractivity contribution in [2.24, 2.45) is 0 Å². The molecule has 0 radical (unpaired) electrons. The summed E-state index contributed by atoms with van der Waals surface area (Å²) < 4.78 is 38.4. The predicted octanol–water partition coefficient (Wildman–Crippen LogP) is 2.56. The lowest BCUT2D eigenvalue weighted by molar-refractivity contribution is -0.137. The van der Waals surface area contributed by atoms with Crippen LogP contribution in [0.2, 0.25) is 0 Å². The van der Waals surface area contributed by atoms with Gasteiger partial charge in [0.2, 0.25) is 0 Å². The summed E-state index contributed by atoms with van der Waals surface area (Å²) in [6.07, 6.45) is -3.23. The standard InChI is InChI=1S/C13H15F3N2/c1-8-2-9(13(14,15)16)4-11(3-8)18-7-10-5-12(18)6-17-10/h2-4,10,12,17H,5-7H2,1H3/t10-,12-/m0/s1. The van der Waals surface area contributed by atoms with Crippen LogP contribution >= 0.6 is 0 Å². The summed E-state index contributed by atoms with van der Waals surface area (Å²) in [4.78, 5) is 2.10. The zero-order valence-electron chi connectivity index (χ0n) is 10.1. The molecule has 2 nitrogen and oxygen atoms in total. The maximum absolute atomic E-state index is 12.8. The third kappa shape index (κ3) is 1.96. The lowest BCUT2D eigenvalue weighted by Crippen LogP contribution is -2.43. The second-order valence-electron chi connectivity index (χ2n) is 5.20. The van der Waals surface area contributed by atoms with Gasteiger partial charge in [-0.25, -0.2) is 0 Å². The van der Waals surface area contributed by atoms with E-state index in [1.807, 2.05) is 6.07 Å². The Morgan fingerprint density at radius 1 is 1.28 bits per heavy atom. The molecule has 0 aliphatic carbocycles. The van der Waals surface area contributed by atoms with Crippen LogP contribution in [0.1, 0.15) is 17.5 Å². The second kappa shape index (κ2) is 3.88. The minimum atomic E-state index is -4.27. The normalized spacial score (nSPS) is 27.0. The Labute approximate surface area is 104 Å². The van der Waals surface area contributed by atoms with E-state index in [1.165, 1.54) is 12.1 Å². The number of alkyl halides is 3. The Kier molecular flexibility index (Phi) is 2.55. The van der Waals surface area contributed by atoms with Gasteiger partial charge in [-0.3, -0.25) is 0 Å². The average molecular weight is 256 g/mol. The van der Waals surface area contributed by atoms with Crippen LogP contribution in [0.4, 0.5) is 18.9 Å². The van der Waals surface area contributed by atoms with Gasteiger partial charge in [-0.05, 0) is 37.1 Å². The summed E-state index contributed by atoms with van der Waals surface area (Å²) in [5.41, 5.74) is 0.820. The van der Waals surface area contributed by atoms with E-state index >= 15 is 0 Å². The van der Waals surface area contributed by atoms with E-state index in [0.29, 0.717) is 23.3 Å². The number of hydrogen-bond acceptors (Lipinski definition) is 2. The average Bonchev–Trinajstić information content (AvgIpc) is 2.88. The van der Waals surface area contributed by atoms with Crippen molar-refractivity contribution in [2.75, 3.05) is 18.0 Å². The third-order valence-electron chi connectivity index (χ3n) is 3.78. The largest absolute Gasteiger partial charge is 0.416 e. The molecule has 98 valence electrons. The van der Waals surface area contributed by atoms with E-state index in [0.717, 1.165) is 19.5 Å². The highest BCUT2D eigenvalue weighted by Gasteiger charge is 2.38. The Morgan fingerprint density at radius 3 is 2.61 bits per heavy atom. The van der Waals surface area contributed by atoms with Gasteiger partial charge in [0.1, 0.15) is 0 Å². The van der Waals surface area contributed by atoms with Crippen molar-refractivity contribution >= 4 is 5.69 Å². The number of hydrogen-bond donors (Lipinski definition) is 1. The number of piperazine rings is 1. The van der Waals surface area contributed by atoms with E-state index in [1.54, 1.807) is 6.92 Å². The van der Waals surface area contributed by atoms with Gasteiger partial charge in [0.25, 0.3) is 0 Å². The fourth-order valence-corrected chi connectivity index (χ4v) is 2.97. The molecule has 0 amide bonds. The summed E-state index contributed by atoms with van der Waals surface area (Å²) in [7, 11) is 0. The van der Waals surface area contributed by atoms with Crippen molar-refractivity contribution in [1.82, 2.24) is 5.32 Å². The van der Waals surface area contributed by atoms with Crippen LogP contribution in [0.5, 0.6) is 0 Å². The van der Waals surface area contributed by atoms with E-state index < -0.39 is 11.7 Å². The molecule has 0 spiro atoms.